The first kappa shape index (κ1) is 24.3. The summed E-state index contributed by atoms with van der Waals surface area (Å²) >= 11 is 5.88. The Balaban J connectivity index is 1.46. The van der Waals surface area contributed by atoms with E-state index in [9.17, 15) is 22.8 Å². The third kappa shape index (κ3) is 4.48. The first-order valence-electron chi connectivity index (χ1n) is 10.7. The Hall–Kier alpha value is -4.39. The molecule has 5 rings (SSSR count). The molecule has 0 aliphatic carbocycles. The minimum atomic E-state index is -4.62. The van der Waals surface area contributed by atoms with Crippen LogP contribution in [0, 0.1) is 0 Å². The highest BCUT2D eigenvalue weighted by atomic mass is 35.5. The quantitative estimate of drug-likeness (QED) is 0.351. The topological polar surface area (TPSA) is 126 Å². The van der Waals surface area contributed by atoms with Crippen molar-refractivity contribution in [1.82, 2.24) is 19.9 Å². The van der Waals surface area contributed by atoms with Crippen molar-refractivity contribution in [2.45, 2.75) is 19.1 Å². The second kappa shape index (κ2) is 8.92. The summed E-state index contributed by atoms with van der Waals surface area (Å²) < 4.78 is 46.4. The molecule has 14 heteroatoms. The molecule has 1 aliphatic rings. The molecule has 1 aromatic carbocycles. The lowest BCUT2D eigenvalue weighted by molar-refractivity contribution is -0.137. The molecule has 0 radical (unpaired) electrons. The Bertz CT molecular complexity index is 1520. The summed E-state index contributed by atoms with van der Waals surface area (Å²) in [4.78, 5) is 29.6. The molecule has 37 heavy (non-hydrogen) atoms. The number of carboxylic acid groups (broad SMARTS) is 1. The smallest absolute Gasteiger partial charge is 0.417 e. The van der Waals surface area contributed by atoms with Crippen molar-refractivity contribution in [1.29, 1.82) is 0 Å². The first-order valence-corrected chi connectivity index (χ1v) is 11.1. The maximum atomic E-state index is 13.5. The van der Waals surface area contributed by atoms with Crippen molar-refractivity contribution >= 4 is 35.1 Å². The molecule has 2 N–H and O–H groups in total. The average Bonchev–Trinajstić information content (AvgIpc) is 3.48. The molecule has 190 valence electrons. The fourth-order valence-corrected chi connectivity index (χ4v) is 4.32. The van der Waals surface area contributed by atoms with Crippen LogP contribution in [0.1, 0.15) is 29.0 Å². The van der Waals surface area contributed by atoms with E-state index >= 15 is 0 Å². The molecule has 1 atom stereocenters. The number of nitrogens with one attached hydrogen (secondary N) is 1. The Labute approximate surface area is 211 Å². The number of hydrogen-bond donors (Lipinski definition) is 2. The van der Waals surface area contributed by atoms with Crippen LogP contribution in [0.25, 0.3) is 22.6 Å². The number of hydrogen-bond acceptors (Lipinski definition) is 6. The van der Waals surface area contributed by atoms with Crippen LogP contribution < -0.4 is 10.2 Å². The van der Waals surface area contributed by atoms with Gasteiger partial charge in [0, 0.05) is 30.1 Å². The zero-order valence-electron chi connectivity index (χ0n) is 18.8. The number of carbonyl (C=O) groups excluding carboxylic acids is 1. The second-order valence-corrected chi connectivity index (χ2v) is 8.62. The Morgan fingerprint density at radius 2 is 2.00 bits per heavy atom. The standard InChI is InChI=1S/C23H16ClF3N6O4/c1-11-10-32(13-3-4-15(16(24)6-13)23(25,26)27)21(34)20-14(9-29-33(11)20)18-7-17(31-37-18)12-2-5-19(28-8-12)30-22(35)36/h2-9,11H,10H2,1H3,(H,28,30)(H,35,36)/t11-/m0/s1. The Morgan fingerprint density at radius 3 is 2.65 bits per heavy atom. The number of nitrogens with zero attached hydrogens (tertiary/aromatic N) is 5. The van der Waals surface area contributed by atoms with Gasteiger partial charge in [0.1, 0.15) is 17.2 Å². The van der Waals surface area contributed by atoms with Crippen molar-refractivity contribution in [3.05, 3.63) is 65.1 Å². The van der Waals surface area contributed by atoms with E-state index in [2.05, 4.69) is 20.6 Å². The predicted octanol–water partition coefficient (Wildman–Crippen LogP) is 5.58. The summed E-state index contributed by atoms with van der Waals surface area (Å²) in [6.45, 7) is 1.98. The lowest BCUT2D eigenvalue weighted by Gasteiger charge is -2.32. The van der Waals surface area contributed by atoms with Crippen molar-refractivity contribution in [2.75, 3.05) is 16.8 Å². The van der Waals surface area contributed by atoms with Gasteiger partial charge < -0.3 is 14.5 Å². The third-order valence-electron chi connectivity index (χ3n) is 5.75. The minimum absolute atomic E-state index is 0.133. The third-order valence-corrected chi connectivity index (χ3v) is 6.06. The number of pyridine rings is 1. The molecule has 0 spiro atoms. The summed E-state index contributed by atoms with van der Waals surface area (Å²) in [6.07, 6.45) is -3.01. The molecular weight excluding hydrogens is 517 g/mol. The van der Waals surface area contributed by atoms with Crippen molar-refractivity contribution in [3.8, 4) is 22.6 Å². The van der Waals surface area contributed by atoms with Crippen LogP contribution in [0.2, 0.25) is 5.02 Å². The fraction of sp³-hybridized carbons (Fsp3) is 0.174. The maximum Gasteiger partial charge on any atom is 0.417 e. The fourth-order valence-electron chi connectivity index (χ4n) is 4.03. The number of aromatic nitrogens is 4. The molecule has 4 aromatic rings. The van der Waals surface area contributed by atoms with E-state index in [1.54, 1.807) is 12.1 Å². The van der Waals surface area contributed by atoms with E-state index < -0.39 is 28.8 Å². The molecule has 0 fully saturated rings. The van der Waals surface area contributed by atoms with Crippen molar-refractivity contribution in [3.63, 3.8) is 0 Å². The van der Waals surface area contributed by atoms with Gasteiger partial charge in [-0.25, -0.2) is 9.78 Å². The van der Waals surface area contributed by atoms with Gasteiger partial charge in [0.2, 0.25) is 0 Å². The largest absolute Gasteiger partial charge is 0.465 e. The van der Waals surface area contributed by atoms with Crippen LogP contribution in [0.3, 0.4) is 0 Å². The number of anilines is 2. The summed E-state index contributed by atoms with van der Waals surface area (Å²) in [5.41, 5.74) is 0.663. The van der Waals surface area contributed by atoms with Gasteiger partial charge in [-0.2, -0.15) is 18.3 Å². The highest BCUT2D eigenvalue weighted by Gasteiger charge is 2.37. The van der Waals surface area contributed by atoms with E-state index in [1.165, 1.54) is 34.1 Å². The van der Waals surface area contributed by atoms with Gasteiger partial charge >= 0.3 is 12.3 Å². The average molecular weight is 533 g/mol. The van der Waals surface area contributed by atoms with Gasteiger partial charge in [-0.3, -0.25) is 14.8 Å². The zero-order valence-corrected chi connectivity index (χ0v) is 19.6. The van der Waals surface area contributed by atoms with E-state index in [-0.39, 0.29) is 35.5 Å². The van der Waals surface area contributed by atoms with Crippen LogP contribution in [0.5, 0.6) is 0 Å². The van der Waals surface area contributed by atoms with Crippen LogP contribution in [-0.4, -0.2) is 43.6 Å². The molecule has 0 saturated heterocycles. The number of alkyl halides is 3. The molecule has 1 aliphatic heterocycles. The van der Waals surface area contributed by atoms with Gasteiger partial charge in [-0.15, -0.1) is 0 Å². The van der Waals surface area contributed by atoms with Gasteiger partial charge in [-0.05, 0) is 37.3 Å². The number of carbonyl (C=O) groups is 2. The highest BCUT2D eigenvalue weighted by Crippen LogP contribution is 2.39. The number of amides is 2. The summed E-state index contributed by atoms with van der Waals surface area (Å²) in [5, 5.41) is 18.7. The van der Waals surface area contributed by atoms with Crippen LogP contribution in [-0.2, 0) is 6.18 Å². The summed E-state index contributed by atoms with van der Waals surface area (Å²) in [5.74, 6) is -0.129. The lowest BCUT2D eigenvalue weighted by Crippen LogP contribution is -2.42. The molecule has 10 nitrogen and oxygen atoms in total. The summed E-state index contributed by atoms with van der Waals surface area (Å²) in [6, 6.07) is 7.48. The Morgan fingerprint density at radius 1 is 1.22 bits per heavy atom. The molecular formula is C23H16ClF3N6O4. The number of fused-ring (bicyclic) bond motifs is 1. The van der Waals surface area contributed by atoms with Gasteiger partial charge in [-0.1, -0.05) is 16.8 Å². The number of benzene rings is 1. The van der Waals surface area contributed by atoms with Crippen molar-refractivity contribution < 1.29 is 32.4 Å². The van der Waals surface area contributed by atoms with Gasteiger partial charge in [0.05, 0.1) is 28.4 Å². The maximum absolute atomic E-state index is 13.5. The second-order valence-electron chi connectivity index (χ2n) is 8.22. The lowest BCUT2D eigenvalue weighted by atomic mass is 10.1. The SMILES string of the molecule is C[C@H]1CN(c2ccc(C(F)(F)F)c(Cl)c2)C(=O)c2c(-c3cc(-c4ccc(NC(=O)O)nc4)no3)cnn21. The van der Waals surface area contributed by atoms with Crippen LogP contribution in [0.15, 0.2) is 53.3 Å². The van der Waals surface area contributed by atoms with E-state index in [0.29, 0.717) is 16.8 Å². The number of rotatable bonds is 4. The van der Waals surface area contributed by atoms with E-state index in [1.807, 2.05) is 6.92 Å². The molecule has 3 aromatic heterocycles. The monoisotopic (exact) mass is 532 g/mol. The normalized spacial score (nSPS) is 15.5. The van der Waals surface area contributed by atoms with Gasteiger partial charge in [0.25, 0.3) is 5.91 Å². The van der Waals surface area contributed by atoms with Crippen molar-refractivity contribution in [2.24, 2.45) is 0 Å². The molecule has 0 unspecified atom stereocenters. The molecule has 0 bridgehead atoms. The van der Waals surface area contributed by atoms with E-state index in [0.717, 1.165) is 12.1 Å². The highest BCUT2D eigenvalue weighted by molar-refractivity contribution is 6.31. The van der Waals surface area contributed by atoms with Crippen LogP contribution >= 0.6 is 11.6 Å². The first-order chi connectivity index (χ1) is 17.5. The molecule has 2 amide bonds. The number of halogens is 4. The zero-order chi connectivity index (χ0) is 26.5. The molecule has 4 heterocycles. The van der Waals surface area contributed by atoms with E-state index in [4.69, 9.17) is 21.2 Å². The molecule has 0 saturated carbocycles. The Kier molecular flexibility index (Phi) is 5.86. The minimum Gasteiger partial charge on any atom is -0.465 e. The van der Waals surface area contributed by atoms with Gasteiger partial charge in [0.15, 0.2) is 5.76 Å². The predicted molar refractivity (Wildman–Crippen MR) is 125 cm³/mol. The van der Waals surface area contributed by atoms with Crippen LogP contribution in [0.4, 0.5) is 29.5 Å². The summed E-state index contributed by atoms with van der Waals surface area (Å²) in [7, 11) is 0.